The molecule has 0 amide bonds. The number of hydrogen-bond acceptors (Lipinski definition) is 6. The second kappa shape index (κ2) is 12.0. The Morgan fingerprint density at radius 2 is 1.80 bits per heavy atom. The summed E-state index contributed by atoms with van der Waals surface area (Å²) in [4.78, 5) is 18.1. The van der Waals surface area contributed by atoms with Gasteiger partial charge in [-0.2, -0.15) is 0 Å². The van der Waals surface area contributed by atoms with Gasteiger partial charge in [-0.25, -0.2) is 15.0 Å². The predicted molar refractivity (Wildman–Crippen MR) is 121 cm³/mol. The molecule has 0 spiro atoms. The van der Waals surface area contributed by atoms with Gasteiger partial charge in [-0.3, -0.25) is 4.90 Å². The molecule has 1 saturated heterocycles. The monoisotopic (exact) mass is 411 g/mol. The smallest absolute Gasteiger partial charge is 0.225 e. The summed E-state index contributed by atoms with van der Waals surface area (Å²) >= 11 is 0. The number of anilines is 1. The minimum Gasteiger partial charge on any atom is -0.497 e. The zero-order chi connectivity index (χ0) is 21.0. The highest BCUT2D eigenvalue weighted by atomic mass is 16.5. The van der Waals surface area contributed by atoms with E-state index in [1.165, 1.54) is 0 Å². The minimum atomic E-state index is 0.642. The number of nitrogens with zero attached hydrogens (tertiary/aromatic N) is 5. The summed E-state index contributed by atoms with van der Waals surface area (Å²) in [5, 5.41) is 6.76. The van der Waals surface area contributed by atoms with Crippen LogP contribution in [0.15, 0.2) is 47.7 Å². The number of hydrogen-bond donors (Lipinski definition) is 2. The topological polar surface area (TPSA) is 77.9 Å². The van der Waals surface area contributed by atoms with Crippen LogP contribution in [0, 0.1) is 0 Å². The lowest BCUT2D eigenvalue weighted by Gasteiger charge is -2.34. The Kier molecular flexibility index (Phi) is 8.71. The molecule has 0 radical (unpaired) electrons. The molecule has 0 atom stereocenters. The van der Waals surface area contributed by atoms with Gasteiger partial charge in [-0.05, 0) is 43.7 Å². The summed E-state index contributed by atoms with van der Waals surface area (Å²) in [6, 6.07) is 9.89. The Morgan fingerprint density at radius 3 is 2.47 bits per heavy atom. The molecule has 3 rings (SSSR count). The van der Waals surface area contributed by atoms with Gasteiger partial charge in [0.15, 0.2) is 5.96 Å². The lowest BCUT2D eigenvalue weighted by atomic mass is 10.2. The van der Waals surface area contributed by atoms with Gasteiger partial charge < -0.3 is 20.3 Å². The summed E-state index contributed by atoms with van der Waals surface area (Å²) in [5.74, 6) is 2.56. The highest BCUT2D eigenvalue weighted by Crippen LogP contribution is 2.12. The Bertz CT molecular complexity index is 759. The number of rotatable bonds is 9. The van der Waals surface area contributed by atoms with Gasteiger partial charge in [-0.15, -0.1) is 0 Å². The first-order valence-corrected chi connectivity index (χ1v) is 10.7. The second-order valence-corrected chi connectivity index (χ2v) is 7.20. The van der Waals surface area contributed by atoms with Crippen molar-refractivity contribution in [2.45, 2.75) is 19.9 Å². The molecular formula is C22H33N7O. The van der Waals surface area contributed by atoms with Crippen LogP contribution in [-0.4, -0.2) is 73.8 Å². The maximum Gasteiger partial charge on any atom is 0.225 e. The van der Waals surface area contributed by atoms with Gasteiger partial charge in [0.2, 0.25) is 5.95 Å². The van der Waals surface area contributed by atoms with E-state index in [4.69, 9.17) is 4.74 Å². The van der Waals surface area contributed by atoms with Crippen molar-refractivity contribution < 1.29 is 4.74 Å². The van der Waals surface area contributed by atoms with Crippen LogP contribution < -0.4 is 20.3 Å². The molecular weight excluding hydrogens is 378 g/mol. The number of nitrogens with one attached hydrogen (secondary N) is 2. The van der Waals surface area contributed by atoms with Crippen LogP contribution in [0.3, 0.4) is 0 Å². The highest BCUT2D eigenvalue weighted by molar-refractivity contribution is 5.79. The molecule has 1 aliphatic heterocycles. The van der Waals surface area contributed by atoms with E-state index in [1.807, 2.05) is 30.3 Å². The average Bonchev–Trinajstić information content (AvgIpc) is 2.81. The molecule has 1 aromatic carbocycles. The second-order valence-electron chi connectivity index (χ2n) is 7.20. The van der Waals surface area contributed by atoms with Crippen LogP contribution >= 0.6 is 0 Å². The number of ether oxygens (including phenoxy) is 1. The summed E-state index contributed by atoms with van der Waals surface area (Å²) in [7, 11) is 1.68. The van der Waals surface area contributed by atoms with Gasteiger partial charge in [0.1, 0.15) is 5.75 Å². The van der Waals surface area contributed by atoms with Crippen LogP contribution in [0.2, 0.25) is 0 Å². The van der Waals surface area contributed by atoms with Crippen molar-refractivity contribution >= 4 is 11.9 Å². The quantitative estimate of drug-likeness (QED) is 0.370. The fourth-order valence-corrected chi connectivity index (χ4v) is 3.38. The third kappa shape index (κ3) is 6.88. The van der Waals surface area contributed by atoms with Crippen molar-refractivity contribution in [3.05, 3.63) is 48.3 Å². The zero-order valence-electron chi connectivity index (χ0n) is 18.0. The van der Waals surface area contributed by atoms with E-state index in [-0.39, 0.29) is 0 Å². The maximum absolute atomic E-state index is 5.20. The Morgan fingerprint density at radius 1 is 1.07 bits per heavy atom. The first-order chi connectivity index (χ1) is 14.8. The van der Waals surface area contributed by atoms with E-state index in [0.717, 1.165) is 75.5 Å². The highest BCUT2D eigenvalue weighted by Gasteiger charge is 2.18. The molecule has 1 aromatic heterocycles. The third-order valence-corrected chi connectivity index (χ3v) is 5.07. The van der Waals surface area contributed by atoms with E-state index >= 15 is 0 Å². The number of guanidine groups is 1. The van der Waals surface area contributed by atoms with Gasteiger partial charge in [0.05, 0.1) is 13.7 Å². The molecule has 0 unspecified atom stereocenters. The molecule has 162 valence electrons. The van der Waals surface area contributed by atoms with Crippen molar-refractivity contribution in [3.8, 4) is 5.75 Å². The van der Waals surface area contributed by atoms with Gasteiger partial charge in [0, 0.05) is 51.7 Å². The zero-order valence-corrected chi connectivity index (χ0v) is 18.0. The normalized spacial score (nSPS) is 15.1. The summed E-state index contributed by atoms with van der Waals surface area (Å²) in [6.45, 7) is 9.59. The summed E-state index contributed by atoms with van der Waals surface area (Å²) in [6.07, 6.45) is 4.69. The number of aliphatic imine (C=N–C) groups is 1. The summed E-state index contributed by atoms with van der Waals surface area (Å²) in [5.41, 5.74) is 1.16. The predicted octanol–water partition coefficient (Wildman–Crippen LogP) is 1.75. The van der Waals surface area contributed by atoms with Crippen molar-refractivity contribution in [2.75, 3.05) is 57.8 Å². The Labute approximate surface area is 179 Å². The molecule has 8 nitrogen and oxygen atoms in total. The van der Waals surface area contributed by atoms with Gasteiger partial charge in [-0.1, -0.05) is 12.1 Å². The van der Waals surface area contributed by atoms with Gasteiger partial charge >= 0.3 is 0 Å². The van der Waals surface area contributed by atoms with Crippen LogP contribution in [-0.2, 0) is 6.54 Å². The third-order valence-electron chi connectivity index (χ3n) is 5.07. The average molecular weight is 412 g/mol. The number of piperazine rings is 1. The van der Waals surface area contributed by atoms with E-state index in [1.54, 1.807) is 19.5 Å². The van der Waals surface area contributed by atoms with Crippen molar-refractivity contribution in [1.82, 2.24) is 25.5 Å². The van der Waals surface area contributed by atoms with Crippen LogP contribution in [0.4, 0.5) is 5.95 Å². The molecule has 8 heteroatoms. The standard InChI is InChI=1S/C22H33N7O/c1-3-23-21(27-18-19-6-8-20(30-2)9-7-19)24-12-5-13-28-14-16-29(17-15-28)22-25-10-4-11-26-22/h4,6-11H,3,5,12-18H2,1-2H3,(H2,23,24,27). The molecule has 2 aromatic rings. The van der Waals surface area contributed by atoms with Crippen LogP contribution in [0.5, 0.6) is 5.75 Å². The van der Waals surface area contributed by atoms with E-state index in [0.29, 0.717) is 6.54 Å². The first-order valence-electron chi connectivity index (χ1n) is 10.7. The van der Waals surface area contributed by atoms with E-state index in [9.17, 15) is 0 Å². The largest absolute Gasteiger partial charge is 0.497 e. The van der Waals surface area contributed by atoms with Crippen LogP contribution in [0.25, 0.3) is 0 Å². The number of aromatic nitrogens is 2. The minimum absolute atomic E-state index is 0.642. The lowest BCUT2D eigenvalue weighted by molar-refractivity contribution is 0.254. The SMILES string of the molecule is CCNC(=NCc1ccc(OC)cc1)NCCCN1CCN(c2ncccn2)CC1. The Hall–Kier alpha value is -2.87. The van der Waals surface area contributed by atoms with E-state index in [2.05, 4.69) is 42.3 Å². The van der Waals surface area contributed by atoms with E-state index < -0.39 is 0 Å². The maximum atomic E-state index is 5.20. The van der Waals surface area contributed by atoms with Crippen LogP contribution in [0.1, 0.15) is 18.9 Å². The van der Waals surface area contributed by atoms with Crippen molar-refractivity contribution in [2.24, 2.45) is 4.99 Å². The fraction of sp³-hybridized carbons (Fsp3) is 0.500. The fourth-order valence-electron chi connectivity index (χ4n) is 3.38. The molecule has 30 heavy (non-hydrogen) atoms. The molecule has 2 heterocycles. The number of methoxy groups -OCH3 is 1. The van der Waals surface area contributed by atoms with Crippen molar-refractivity contribution in [3.63, 3.8) is 0 Å². The summed E-state index contributed by atoms with van der Waals surface area (Å²) < 4.78 is 5.20. The van der Waals surface area contributed by atoms with Crippen molar-refractivity contribution in [1.29, 1.82) is 0 Å². The molecule has 1 fully saturated rings. The molecule has 2 N–H and O–H groups in total. The van der Waals surface area contributed by atoms with Gasteiger partial charge in [0.25, 0.3) is 0 Å². The molecule has 0 bridgehead atoms. The Balaban J connectivity index is 1.36. The number of benzene rings is 1. The molecule has 1 aliphatic rings. The molecule has 0 aliphatic carbocycles. The first kappa shape index (κ1) is 21.8. The molecule has 0 saturated carbocycles. The lowest BCUT2D eigenvalue weighted by Crippen LogP contribution is -2.47.